The second-order valence-corrected chi connectivity index (χ2v) is 9.32. The molecule has 0 radical (unpaired) electrons. The number of alkyl halides is 2. The van der Waals surface area contributed by atoms with Gasteiger partial charge in [-0.2, -0.15) is 5.26 Å². The lowest BCUT2D eigenvalue weighted by Crippen LogP contribution is -2.54. The number of carbonyl (C=O) groups excluding carboxylic acids is 1. The molecule has 32 heavy (non-hydrogen) atoms. The van der Waals surface area contributed by atoms with Crippen LogP contribution in [0.1, 0.15) is 46.7 Å². The van der Waals surface area contributed by atoms with Crippen LogP contribution in [0.5, 0.6) is 0 Å². The van der Waals surface area contributed by atoms with Crippen molar-refractivity contribution in [2.75, 3.05) is 23.7 Å². The molecule has 1 fully saturated rings. The van der Waals surface area contributed by atoms with Gasteiger partial charge in [0.05, 0.1) is 12.6 Å². The van der Waals surface area contributed by atoms with Crippen LogP contribution in [0.15, 0.2) is 18.3 Å². The Bertz CT molecular complexity index is 1050. The molecule has 0 aliphatic carbocycles. The summed E-state index contributed by atoms with van der Waals surface area (Å²) in [5.74, 6) is -2.16. The summed E-state index contributed by atoms with van der Waals surface area (Å²) in [5, 5.41) is 16.9. The normalized spacial score (nSPS) is 18.3. The molecule has 8 nitrogen and oxygen atoms in total. The minimum absolute atomic E-state index is 0.0624. The third-order valence-electron chi connectivity index (χ3n) is 4.67. The molecule has 2 N–H and O–H groups in total. The first-order chi connectivity index (χ1) is 14.8. The van der Waals surface area contributed by atoms with Crippen molar-refractivity contribution >= 4 is 28.5 Å². The van der Waals surface area contributed by atoms with Crippen LogP contribution in [0.2, 0.25) is 0 Å². The van der Waals surface area contributed by atoms with E-state index < -0.39 is 36.6 Å². The average Bonchev–Trinajstić information content (AvgIpc) is 2.65. The van der Waals surface area contributed by atoms with Crippen molar-refractivity contribution in [1.82, 2.24) is 14.9 Å². The summed E-state index contributed by atoms with van der Waals surface area (Å²) in [4.78, 5) is 22.0. The molecule has 3 rings (SSSR count). The molecule has 2 aromatic heterocycles. The first-order valence-corrected chi connectivity index (χ1v) is 10.4. The second-order valence-electron chi connectivity index (χ2n) is 9.32. The number of aromatic nitrogens is 2. The number of amides is 1. The number of piperidine rings is 1. The van der Waals surface area contributed by atoms with Gasteiger partial charge >= 0.3 is 6.09 Å². The second kappa shape index (κ2) is 8.73. The maximum atomic E-state index is 14.4. The molecular formula is C22H28F2N6O2. The minimum atomic E-state index is -3.06. The standard InChI is InChI=1S/C22H28F2N6O2/c1-13(2)27-19-17-7-18(26-10-14(17)6-15(9-25)29-19)28-16-8-22(23,24)12-30(11-16)20(31)32-21(3,4)5/h6-7,10,13,16H,8,11-12H2,1-5H3,(H,26,28)(H,27,29). The number of carbonyl (C=O) groups is 1. The van der Waals surface area contributed by atoms with Crippen LogP contribution in [0.4, 0.5) is 25.2 Å². The van der Waals surface area contributed by atoms with E-state index in [0.29, 0.717) is 22.4 Å². The molecule has 0 saturated carbocycles. The van der Waals surface area contributed by atoms with E-state index in [4.69, 9.17) is 4.74 Å². The highest BCUT2D eigenvalue weighted by Crippen LogP contribution is 2.31. The number of anilines is 2. The molecule has 2 aromatic rings. The highest BCUT2D eigenvalue weighted by molar-refractivity contribution is 5.93. The fourth-order valence-electron chi connectivity index (χ4n) is 3.54. The van der Waals surface area contributed by atoms with Crippen LogP contribution in [0.3, 0.4) is 0 Å². The van der Waals surface area contributed by atoms with Crippen LogP contribution in [-0.2, 0) is 4.74 Å². The Labute approximate surface area is 186 Å². The van der Waals surface area contributed by atoms with E-state index in [2.05, 4.69) is 20.6 Å². The van der Waals surface area contributed by atoms with Gasteiger partial charge in [0.1, 0.15) is 29.0 Å². The molecule has 172 valence electrons. The Hall–Kier alpha value is -3.22. The number of pyridine rings is 2. The Morgan fingerprint density at radius 2 is 2.09 bits per heavy atom. The van der Waals surface area contributed by atoms with Crippen LogP contribution < -0.4 is 10.6 Å². The Kier molecular flexibility index (Phi) is 6.39. The van der Waals surface area contributed by atoms with Crippen molar-refractivity contribution in [1.29, 1.82) is 5.26 Å². The smallest absolute Gasteiger partial charge is 0.410 e. The molecule has 1 amide bonds. The van der Waals surface area contributed by atoms with Gasteiger partial charge in [0, 0.05) is 36.0 Å². The van der Waals surface area contributed by atoms with Crippen molar-refractivity contribution < 1.29 is 18.3 Å². The largest absolute Gasteiger partial charge is 0.444 e. The molecule has 1 unspecified atom stereocenters. The zero-order chi connectivity index (χ0) is 23.7. The lowest BCUT2D eigenvalue weighted by Gasteiger charge is -2.38. The number of hydrogen-bond donors (Lipinski definition) is 2. The lowest BCUT2D eigenvalue weighted by atomic mass is 10.0. The first-order valence-electron chi connectivity index (χ1n) is 10.4. The van der Waals surface area contributed by atoms with Crippen LogP contribution >= 0.6 is 0 Å². The van der Waals surface area contributed by atoms with Gasteiger partial charge in [-0.25, -0.2) is 23.5 Å². The van der Waals surface area contributed by atoms with Gasteiger partial charge in [-0.05, 0) is 46.8 Å². The predicted molar refractivity (Wildman–Crippen MR) is 118 cm³/mol. The van der Waals surface area contributed by atoms with Gasteiger partial charge in [0.25, 0.3) is 5.92 Å². The summed E-state index contributed by atoms with van der Waals surface area (Å²) in [7, 11) is 0. The molecule has 1 atom stereocenters. The van der Waals surface area contributed by atoms with E-state index in [1.165, 1.54) is 0 Å². The highest BCUT2D eigenvalue weighted by atomic mass is 19.3. The summed E-state index contributed by atoms with van der Waals surface area (Å²) >= 11 is 0. The zero-order valence-electron chi connectivity index (χ0n) is 18.9. The van der Waals surface area contributed by atoms with Crippen molar-refractivity contribution in [2.24, 2.45) is 0 Å². The number of rotatable bonds is 4. The summed E-state index contributed by atoms with van der Waals surface area (Å²) < 4.78 is 34.0. The van der Waals surface area contributed by atoms with Gasteiger partial charge in [0.15, 0.2) is 0 Å². The molecule has 0 aromatic carbocycles. The molecule has 0 spiro atoms. The number of halogens is 2. The van der Waals surface area contributed by atoms with Gasteiger partial charge in [-0.1, -0.05) is 0 Å². The van der Waals surface area contributed by atoms with E-state index in [-0.39, 0.29) is 18.3 Å². The van der Waals surface area contributed by atoms with E-state index >= 15 is 0 Å². The monoisotopic (exact) mass is 446 g/mol. The molecule has 10 heteroatoms. The predicted octanol–water partition coefficient (Wildman–Crippen LogP) is 4.38. The number of nitrogens with one attached hydrogen (secondary N) is 2. The quantitative estimate of drug-likeness (QED) is 0.718. The zero-order valence-corrected chi connectivity index (χ0v) is 18.9. The SMILES string of the molecule is CC(C)Nc1nc(C#N)cc2cnc(NC3CN(C(=O)OC(C)(C)C)CC(F)(F)C3)cc12. The lowest BCUT2D eigenvalue weighted by molar-refractivity contribution is -0.0722. The van der Waals surface area contributed by atoms with E-state index in [1.54, 1.807) is 39.1 Å². The Morgan fingerprint density at radius 3 is 2.72 bits per heavy atom. The molecule has 1 saturated heterocycles. The summed E-state index contributed by atoms with van der Waals surface area (Å²) in [6, 6.07) is 4.71. The van der Waals surface area contributed by atoms with E-state index in [0.717, 1.165) is 4.90 Å². The van der Waals surface area contributed by atoms with Crippen molar-refractivity contribution in [2.45, 2.75) is 64.6 Å². The fraction of sp³-hybridized carbons (Fsp3) is 0.545. The molecule has 1 aliphatic heterocycles. The summed E-state index contributed by atoms with van der Waals surface area (Å²) in [6.45, 7) is 8.34. The van der Waals surface area contributed by atoms with Gasteiger partial charge < -0.3 is 20.3 Å². The molecular weight excluding hydrogens is 418 g/mol. The number of nitrogens with zero attached hydrogens (tertiary/aromatic N) is 4. The summed E-state index contributed by atoms with van der Waals surface area (Å²) in [6.07, 6.45) is 0.360. The van der Waals surface area contributed by atoms with Gasteiger partial charge in [0.2, 0.25) is 0 Å². The van der Waals surface area contributed by atoms with Crippen molar-refractivity contribution in [3.05, 3.63) is 24.0 Å². The number of nitriles is 1. The number of ether oxygens (including phenoxy) is 1. The average molecular weight is 447 g/mol. The minimum Gasteiger partial charge on any atom is -0.444 e. The van der Waals surface area contributed by atoms with Gasteiger partial charge in [-0.3, -0.25) is 0 Å². The third-order valence-corrected chi connectivity index (χ3v) is 4.67. The van der Waals surface area contributed by atoms with Crippen LogP contribution in [0, 0.1) is 11.3 Å². The Balaban J connectivity index is 1.85. The van der Waals surface area contributed by atoms with E-state index in [9.17, 15) is 18.8 Å². The third kappa shape index (κ3) is 5.93. The maximum absolute atomic E-state index is 14.4. The maximum Gasteiger partial charge on any atom is 0.410 e. The van der Waals surface area contributed by atoms with E-state index in [1.807, 2.05) is 19.9 Å². The van der Waals surface area contributed by atoms with Crippen LogP contribution in [-0.4, -0.2) is 57.7 Å². The molecule has 1 aliphatic rings. The number of hydrogen-bond acceptors (Lipinski definition) is 7. The van der Waals surface area contributed by atoms with Crippen LogP contribution in [0.25, 0.3) is 10.8 Å². The molecule has 3 heterocycles. The fourth-order valence-corrected chi connectivity index (χ4v) is 3.54. The topological polar surface area (TPSA) is 103 Å². The Morgan fingerprint density at radius 1 is 1.38 bits per heavy atom. The van der Waals surface area contributed by atoms with Gasteiger partial charge in [-0.15, -0.1) is 0 Å². The highest BCUT2D eigenvalue weighted by Gasteiger charge is 2.43. The summed E-state index contributed by atoms with van der Waals surface area (Å²) in [5.41, 5.74) is -0.523. The number of likely N-dealkylation sites (tertiary alicyclic amines) is 1. The number of fused-ring (bicyclic) bond motifs is 1. The molecule has 0 bridgehead atoms. The first kappa shape index (κ1) is 23.4. The van der Waals surface area contributed by atoms with Crippen molar-refractivity contribution in [3.63, 3.8) is 0 Å². The van der Waals surface area contributed by atoms with Crippen molar-refractivity contribution in [3.8, 4) is 6.07 Å².